The van der Waals surface area contributed by atoms with Crippen molar-refractivity contribution >= 4 is 16.2 Å². The van der Waals surface area contributed by atoms with Crippen LogP contribution in [0.5, 0.6) is 0 Å². The van der Waals surface area contributed by atoms with Gasteiger partial charge in [-0.15, -0.1) is 0 Å². The monoisotopic (exact) mass is 282 g/mol. The fourth-order valence-electron chi connectivity index (χ4n) is 2.81. The summed E-state index contributed by atoms with van der Waals surface area (Å²) in [6.07, 6.45) is 0. The van der Waals surface area contributed by atoms with E-state index in [0.717, 1.165) is 0 Å². The van der Waals surface area contributed by atoms with E-state index < -0.39 is 16.2 Å². The maximum absolute atomic E-state index is 2.41. The summed E-state index contributed by atoms with van der Waals surface area (Å²) < 4.78 is 0. The van der Waals surface area contributed by atoms with Gasteiger partial charge in [-0.25, -0.2) is 0 Å². The molecule has 0 fully saturated rings. The van der Waals surface area contributed by atoms with E-state index >= 15 is 0 Å². The molecule has 0 saturated carbocycles. The topological polar surface area (TPSA) is 0 Å². The van der Waals surface area contributed by atoms with Crippen LogP contribution in [0.3, 0.4) is 0 Å². The molecule has 0 N–H and O–H groups in total. The second-order valence-electron chi connectivity index (χ2n) is 9.16. The summed E-state index contributed by atoms with van der Waals surface area (Å²) in [5.41, 5.74) is 1.63. The van der Waals surface area contributed by atoms with Crippen LogP contribution in [0.2, 0.25) is 14.9 Å². The zero-order valence-corrected chi connectivity index (χ0v) is 15.6. The van der Waals surface area contributed by atoms with Crippen LogP contribution in [0.15, 0.2) is 0 Å². The number of hydrogen-bond donors (Lipinski definition) is 0. The molecule has 0 aliphatic carbocycles. The van der Waals surface area contributed by atoms with Crippen LogP contribution in [-0.2, 0) is 0 Å². The van der Waals surface area contributed by atoms with Gasteiger partial charge in [-0.3, -0.25) is 0 Å². The van der Waals surface area contributed by atoms with Gasteiger partial charge in [-0.2, -0.15) is 0 Å². The fraction of sp³-hybridized carbons (Fsp3) is 1.00. The molecule has 0 spiro atoms. The number of hydrogen-bond acceptors (Lipinski definition) is 0. The second kappa shape index (κ2) is 5.52. The first-order valence-corrected chi connectivity index (χ1v) is 11.9. The van der Waals surface area contributed by atoms with Gasteiger partial charge in [0.15, 0.2) is 0 Å². The van der Waals surface area contributed by atoms with Gasteiger partial charge in [0, 0.05) is 0 Å². The number of rotatable bonds is 3. The van der Waals surface area contributed by atoms with Crippen LogP contribution in [0.25, 0.3) is 0 Å². The van der Waals surface area contributed by atoms with E-state index in [1.807, 2.05) is 0 Å². The molecule has 0 unspecified atom stereocenters. The van der Waals surface area contributed by atoms with Crippen molar-refractivity contribution in [3.63, 3.8) is 0 Å². The minimum absolute atomic E-state index is 0.543. The Labute approximate surface area is 110 Å². The van der Waals surface area contributed by atoms with E-state index in [4.69, 9.17) is 0 Å². The summed E-state index contributed by atoms with van der Waals surface area (Å²) in [4.78, 5) is 4.61. The zero-order valence-electron chi connectivity index (χ0n) is 13.2. The molecule has 0 aromatic carbocycles. The van der Waals surface area contributed by atoms with Crippen molar-refractivity contribution in [3.05, 3.63) is 0 Å². The molecule has 0 amide bonds. The van der Waals surface area contributed by atoms with Crippen LogP contribution in [-0.4, -0.2) is 16.2 Å². The Morgan fingerprint density at radius 1 is 0.500 bits per heavy atom. The predicted molar refractivity (Wildman–Crippen MR) is 78.5 cm³/mol. The first-order valence-electron chi connectivity index (χ1n) is 6.79. The van der Waals surface area contributed by atoms with Gasteiger partial charge in [-0.05, 0) is 0 Å². The fourth-order valence-corrected chi connectivity index (χ4v) is 14.6. The normalized spacial score (nSPS) is 14.1. The third-order valence-electron chi connectivity index (χ3n) is 2.70. The molecule has 16 heavy (non-hydrogen) atoms. The average molecular weight is 283 g/mol. The molecule has 0 saturated heterocycles. The van der Waals surface area contributed by atoms with Crippen molar-refractivity contribution in [2.75, 3.05) is 0 Å². The maximum atomic E-state index is 2.41. The Balaban J connectivity index is 4.53. The van der Waals surface area contributed by atoms with E-state index in [1.54, 1.807) is 0 Å². The van der Waals surface area contributed by atoms with Gasteiger partial charge in [0.1, 0.15) is 0 Å². The van der Waals surface area contributed by atoms with Crippen LogP contribution < -0.4 is 0 Å². The van der Waals surface area contributed by atoms with Crippen LogP contribution in [0.4, 0.5) is 0 Å². The molecule has 0 radical (unpaired) electrons. The first-order chi connectivity index (χ1) is 6.79. The summed E-state index contributed by atoms with van der Waals surface area (Å²) in [6.45, 7) is 21.7. The van der Waals surface area contributed by atoms with Crippen LogP contribution in [0.1, 0.15) is 62.3 Å². The molecule has 0 bridgehead atoms. The molecule has 0 aromatic rings. The van der Waals surface area contributed by atoms with E-state index in [2.05, 4.69) is 62.3 Å². The second-order valence-corrected chi connectivity index (χ2v) is 15.4. The van der Waals surface area contributed by atoms with Gasteiger partial charge in [0.05, 0.1) is 0 Å². The third-order valence-corrected chi connectivity index (χ3v) is 14.0. The summed E-state index contributed by atoms with van der Waals surface area (Å²) >= 11 is -1.12. The Hall–Kier alpha value is 0.636. The first kappa shape index (κ1) is 16.6. The van der Waals surface area contributed by atoms with E-state index in [9.17, 15) is 0 Å². The van der Waals surface area contributed by atoms with Crippen molar-refractivity contribution in [1.29, 1.82) is 0 Å². The minimum atomic E-state index is -1.12. The molecule has 0 aliphatic heterocycles. The van der Waals surface area contributed by atoms with Gasteiger partial charge >= 0.3 is 110 Å². The SMILES string of the molecule is CC(C)(C)[CH2][Ga]([CH2]C(C)(C)C)[CH2]C(C)(C)C. The Morgan fingerprint density at radius 2 is 0.688 bits per heavy atom. The van der Waals surface area contributed by atoms with Crippen LogP contribution in [0, 0.1) is 16.2 Å². The van der Waals surface area contributed by atoms with E-state index in [0.29, 0.717) is 16.2 Å². The zero-order chi connectivity index (χ0) is 13.2. The Morgan fingerprint density at radius 3 is 0.812 bits per heavy atom. The van der Waals surface area contributed by atoms with Crippen molar-refractivity contribution in [3.8, 4) is 0 Å². The standard InChI is InChI=1S/3C5H11.Ga/c3*1-5(2,3)4;/h3*1H2,2-4H3;. The van der Waals surface area contributed by atoms with E-state index in [1.165, 1.54) is 14.9 Å². The molecule has 0 nitrogen and oxygen atoms in total. The van der Waals surface area contributed by atoms with Gasteiger partial charge in [0.25, 0.3) is 0 Å². The molecule has 1 heteroatoms. The summed E-state index contributed by atoms with van der Waals surface area (Å²) in [6, 6.07) is 0. The van der Waals surface area contributed by atoms with Crippen molar-refractivity contribution in [1.82, 2.24) is 0 Å². The molecule has 0 rings (SSSR count). The molecular formula is C15H33Ga. The van der Waals surface area contributed by atoms with Crippen molar-refractivity contribution in [2.45, 2.75) is 77.2 Å². The molecule has 0 heterocycles. The molecule has 0 atom stereocenters. The molecule has 0 aliphatic rings. The predicted octanol–water partition coefficient (Wildman–Crippen LogP) is 5.62. The third kappa shape index (κ3) is 11.1. The molecular weight excluding hydrogens is 250 g/mol. The average Bonchev–Trinajstić information content (AvgIpc) is 1.70. The summed E-state index contributed by atoms with van der Waals surface area (Å²) in [7, 11) is 0. The Bertz CT molecular complexity index is 159. The van der Waals surface area contributed by atoms with Crippen LogP contribution >= 0.6 is 0 Å². The van der Waals surface area contributed by atoms with Gasteiger partial charge in [-0.1, -0.05) is 0 Å². The van der Waals surface area contributed by atoms with Crippen molar-refractivity contribution in [2.24, 2.45) is 16.2 Å². The molecule has 0 aromatic heterocycles. The Kier molecular flexibility index (Phi) is 5.74. The summed E-state index contributed by atoms with van der Waals surface area (Å²) in [5.74, 6) is 0. The van der Waals surface area contributed by atoms with Gasteiger partial charge < -0.3 is 0 Å². The van der Waals surface area contributed by atoms with E-state index in [-0.39, 0.29) is 0 Å². The molecule has 96 valence electrons. The van der Waals surface area contributed by atoms with Crippen molar-refractivity contribution < 1.29 is 0 Å². The quantitative estimate of drug-likeness (QED) is 0.590. The van der Waals surface area contributed by atoms with Gasteiger partial charge in [0.2, 0.25) is 0 Å². The summed E-state index contributed by atoms with van der Waals surface area (Å²) in [5, 5.41) is 0.